The largest absolute Gasteiger partial charge is 0.465 e. The molecule has 0 radical (unpaired) electrons. The zero-order valence-electron chi connectivity index (χ0n) is 33.2. The average Bonchev–Trinajstić information content (AvgIpc) is 3.02. The summed E-state index contributed by atoms with van der Waals surface area (Å²) < 4.78 is 11.3. The highest BCUT2D eigenvalue weighted by Gasteiger charge is 2.24. The molecular weight excluding hydrogens is 596 g/mol. The Balaban J connectivity index is 4.12. The smallest absolute Gasteiger partial charge is 0.306 e. The summed E-state index contributed by atoms with van der Waals surface area (Å²) in [4.78, 5) is 25.1. The third-order valence-electron chi connectivity index (χ3n) is 9.92. The minimum absolute atomic E-state index is 0.0527. The van der Waals surface area contributed by atoms with Crippen LogP contribution < -0.4 is 0 Å². The van der Waals surface area contributed by atoms with Crippen LogP contribution in [-0.4, -0.2) is 36.4 Å². The minimum atomic E-state index is -0.281. The van der Waals surface area contributed by atoms with Crippen LogP contribution in [0.4, 0.5) is 0 Å². The monoisotopic (exact) mass is 679 g/mol. The van der Waals surface area contributed by atoms with Gasteiger partial charge in [0.1, 0.15) is 6.61 Å². The van der Waals surface area contributed by atoms with Crippen molar-refractivity contribution in [2.24, 2.45) is 16.7 Å². The van der Waals surface area contributed by atoms with Crippen LogP contribution in [0.5, 0.6) is 0 Å². The molecule has 0 aromatic heterocycles. The lowest BCUT2D eigenvalue weighted by Crippen LogP contribution is -2.21. The highest BCUT2D eigenvalue weighted by molar-refractivity contribution is 5.70. The van der Waals surface area contributed by atoms with E-state index in [2.05, 4.69) is 54.5 Å². The molecule has 0 amide bonds. The van der Waals surface area contributed by atoms with Gasteiger partial charge in [-0.05, 0) is 68.1 Å². The van der Waals surface area contributed by atoms with Gasteiger partial charge in [-0.15, -0.1) is 0 Å². The van der Waals surface area contributed by atoms with Crippen LogP contribution in [0.1, 0.15) is 215 Å². The summed E-state index contributed by atoms with van der Waals surface area (Å²) in [6.07, 6.45) is 32.2. The van der Waals surface area contributed by atoms with Gasteiger partial charge in [-0.25, -0.2) is 0 Å². The number of carbonyl (C=O) groups is 2. The van der Waals surface area contributed by atoms with E-state index in [-0.39, 0.29) is 28.9 Å². The summed E-state index contributed by atoms with van der Waals surface area (Å²) in [6.45, 7) is 16.3. The van der Waals surface area contributed by atoms with Gasteiger partial charge in [0.25, 0.3) is 0 Å². The molecule has 0 heterocycles. The van der Waals surface area contributed by atoms with Crippen molar-refractivity contribution in [3.63, 3.8) is 0 Å². The summed E-state index contributed by atoms with van der Waals surface area (Å²) in [7, 11) is 0. The first-order chi connectivity index (χ1) is 22.9. The Morgan fingerprint density at radius 2 is 1.00 bits per heavy atom. The van der Waals surface area contributed by atoms with E-state index >= 15 is 0 Å². The van der Waals surface area contributed by atoms with Gasteiger partial charge >= 0.3 is 11.9 Å². The Morgan fingerprint density at radius 1 is 0.562 bits per heavy atom. The molecule has 0 aromatic carbocycles. The van der Waals surface area contributed by atoms with Crippen molar-refractivity contribution >= 4 is 11.9 Å². The van der Waals surface area contributed by atoms with E-state index in [0.717, 1.165) is 57.8 Å². The van der Waals surface area contributed by atoms with Gasteiger partial charge in [0.05, 0.1) is 25.6 Å². The van der Waals surface area contributed by atoms with Crippen LogP contribution in [-0.2, 0) is 19.1 Å². The van der Waals surface area contributed by atoms with Crippen molar-refractivity contribution in [1.29, 1.82) is 0 Å². The molecule has 48 heavy (non-hydrogen) atoms. The van der Waals surface area contributed by atoms with Gasteiger partial charge in [0.15, 0.2) is 0 Å². The van der Waals surface area contributed by atoms with Gasteiger partial charge in [0, 0.05) is 0 Å². The van der Waals surface area contributed by atoms with Crippen LogP contribution in [0.3, 0.4) is 0 Å². The minimum Gasteiger partial charge on any atom is -0.465 e. The summed E-state index contributed by atoms with van der Waals surface area (Å²) in [5.74, 6) is 0.327. The molecule has 0 saturated heterocycles. The molecule has 2 atom stereocenters. The summed E-state index contributed by atoms with van der Waals surface area (Å²) in [5, 5.41) is 10.6. The zero-order valence-corrected chi connectivity index (χ0v) is 33.2. The lowest BCUT2D eigenvalue weighted by Gasteiger charge is -2.25. The van der Waals surface area contributed by atoms with E-state index < -0.39 is 0 Å². The van der Waals surface area contributed by atoms with Crippen LogP contribution in [0.2, 0.25) is 0 Å². The average molecular weight is 679 g/mol. The lowest BCUT2D eigenvalue weighted by molar-refractivity contribution is -0.148. The van der Waals surface area contributed by atoms with Crippen molar-refractivity contribution in [2.45, 2.75) is 222 Å². The lowest BCUT2D eigenvalue weighted by atomic mass is 9.83. The molecule has 0 spiro atoms. The van der Waals surface area contributed by atoms with Crippen LogP contribution in [0.15, 0.2) is 12.2 Å². The molecule has 0 saturated carbocycles. The number of hydrogen-bond donors (Lipinski definition) is 1. The van der Waals surface area contributed by atoms with E-state index in [9.17, 15) is 14.7 Å². The maximum atomic E-state index is 12.8. The number of aliphatic hydroxyl groups is 1. The maximum Gasteiger partial charge on any atom is 0.306 e. The fourth-order valence-electron chi connectivity index (χ4n) is 6.61. The van der Waals surface area contributed by atoms with Gasteiger partial charge < -0.3 is 14.6 Å². The third kappa shape index (κ3) is 30.7. The molecule has 1 N–H and O–H groups in total. The first-order valence-corrected chi connectivity index (χ1v) is 20.6. The van der Waals surface area contributed by atoms with Crippen LogP contribution in [0, 0.1) is 16.7 Å². The van der Waals surface area contributed by atoms with Gasteiger partial charge in [-0.1, -0.05) is 163 Å². The number of ether oxygens (including phenoxy) is 2. The molecule has 0 aromatic rings. The molecule has 2 unspecified atom stereocenters. The fourth-order valence-corrected chi connectivity index (χ4v) is 6.61. The van der Waals surface area contributed by atoms with Crippen LogP contribution in [0.25, 0.3) is 0 Å². The maximum absolute atomic E-state index is 12.8. The molecule has 5 heteroatoms. The molecule has 0 aliphatic carbocycles. The molecule has 5 nitrogen and oxygen atoms in total. The zero-order chi connectivity index (χ0) is 35.9. The highest BCUT2D eigenvalue weighted by atomic mass is 16.5. The second-order valence-corrected chi connectivity index (χ2v) is 16.4. The number of carbonyl (C=O) groups excluding carboxylic acids is 2. The van der Waals surface area contributed by atoms with Gasteiger partial charge in [0.2, 0.25) is 0 Å². The van der Waals surface area contributed by atoms with E-state index in [0.29, 0.717) is 32.0 Å². The van der Waals surface area contributed by atoms with Crippen molar-refractivity contribution in [3.8, 4) is 0 Å². The standard InChI is InChI=1S/C43H82O5/c1-8-11-14-16-17-18-20-27-34-47-40(45)35-42(4,5)32-25-23-30-39(44)31-24-26-33-43(6,7)36-41(46)48-37-38(28-21-13-10-3)29-22-19-15-12-9-2/h20,27,38-39,44H,8-19,21-26,28-37H2,1-7H3/b27-20-. The number of hydrogen-bond acceptors (Lipinski definition) is 5. The predicted octanol–water partition coefficient (Wildman–Crippen LogP) is 12.9. The molecule has 0 aliphatic heterocycles. The van der Waals surface area contributed by atoms with Gasteiger partial charge in [-0.3, -0.25) is 9.59 Å². The SMILES string of the molecule is CCCCCCC/C=C\COC(=O)CC(C)(C)CCCCC(O)CCCCC(C)(C)CC(=O)OCC(CCCCC)CCCCCCC. The van der Waals surface area contributed by atoms with Crippen LogP contribution >= 0.6 is 0 Å². The first-order valence-electron chi connectivity index (χ1n) is 20.6. The normalized spacial score (nSPS) is 13.6. The molecule has 0 aliphatic rings. The Morgan fingerprint density at radius 3 is 1.54 bits per heavy atom. The highest BCUT2D eigenvalue weighted by Crippen LogP contribution is 2.30. The van der Waals surface area contributed by atoms with Gasteiger partial charge in [-0.2, -0.15) is 0 Å². The summed E-state index contributed by atoms with van der Waals surface area (Å²) >= 11 is 0. The Kier molecular flexibility index (Phi) is 29.6. The predicted molar refractivity (Wildman–Crippen MR) is 205 cm³/mol. The Hall–Kier alpha value is -1.36. The summed E-state index contributed by atoms with van der Waals surface area (Å²) in [5.41, 5.74) is -0.182. The fraction of sp³-hybridized carbons (Fsp3) is 0.907. The molecule has 284 valence electrons. The Labute approximate surface area is 299 Å². The number of allylic oxidation sites excluding steroid dienone is 1. The molecule has 0 bridgehead atoms. The number of aliphatic hydroxyl groups excluding tert-OH is 1. The first kappa shape index (κ1) is 46.6. The van der Waals surface area contributed by atoms with Crippen molar-refractivity contribution in [2.75, 3.05) is 13.2 Å². The number of rotatable bonds is 34. The topological polar surface area (TPSA) is 72.8 Å². The molecule has 0 rings (SSSR count). The molecule has 0 fully saturated rings. The molecular formula is C43H82O5. The van der Waals surface area contributed by atoms with E-state index in [4.69, 9.17) is 9.47 Å². The number of esters is 2. The van der Waals surface area contributed by atoms with Crippen molar-refractivity contribution in [1.82, 2.24) is 0 Å². The quantitative estimate of drug-likeness (QED) is 0.0416. The second kappa shape index (κ2) is 30.5. The van der Waals surface area contributed by atoms with E-state index in [1.807, 2.05) is 6.08 Å². The Bertz CT molecular complexity index is 786. The summed E-state index contributed by atoms with van der Waals surface area (Å²) in [6, 6.07) is 0. The number of unbranched alkanes of at least 4 members (excludes halogenated alkanes) is 13. The third-order valence-corrected chi connectivity index (χ3v) is 9.92. The second-order valence-electron chi connectivity index (χ2n) is 16.4. The van der Waals surface area contributed by atoms with E-state index in [1.165, 1.54) is 96.3 Å². The van der Waals surface area contributed by atoms with E-state index in [1.54, 1.807) is 0 Å². The van der Waals surface area contributed by atoms with Crippen molar-refractivity contribution in [3.05, 3.63) is 12.2 Å². The van der Waals surface area contributed by atoms with Crippen molar-refractivity contribution < 1.29 is 24.2 Å².